The molecule has 2 heterocycles. The average molecular weight is 354 g/mol. The predicted molar refractivity (Wildman–Crippen MR) is 93.5 cm³/mol. The number of anilines is 1. The second kappa shape index (κ2) is 7.61. The molecule has 1 aromatic heterocycles. The van der Waals surface area contributed by atoms with Gasteiger partial charge in [0.2, 0.25) is 5.88 Å². The maximum Gasteiger partial charge on any atom is 0.322 e. The molecule has 134 valence electrons. The summed E-state index contributed by atoms with van der Waals surface area (Å²) in [7, 11) is 3.10. The standard InChI is InChI=1S/C18H18N4O4/c1-24-13-4-5-15(16(7-13)25-2)21-18(23)22-10-14(11-22)26-17-6-3-12(8-19)9-20-17/h3-7,9,14H,10-11H2,1-2H3,(H,21,23). The van der Waals surface area contributed by atoms with E-state index in [0.717, 1.165) is 0 Å². The molecule has 1 aliphatic heterocycles. The quantitative estimate of drug-likeness (QED) is 0.885. The van der Waals surface area contributed by atoms with Crippen LogP contribution in [0.5, 0.6) is 17.4 Å². The number of benzene rings is 1. The second-order valence-corrected chi connectivity index (χ2v) is 5.64. The van der Waals surface area contributed by atoms with Crippen LogP contribution in [0.1, 0.15) is 5.56 Å². The molecular formula is C18H18N4O4. The third-order valence-corrected chi connectivity index (χ3v) is 3.94. The molecule has 1 aliphatic rings. The van der Waals surface area contributed by atoms with Crippen LogP contribution >= 0.6 is 0 Å². The minimum Gasteiger partial charge on any atom is -0.497 e. The number of amides is 2. The van der Waals surface area contributed by atoms with Crippen molar-refractivity contribution in [2.24, 2.45) is 0 Å². The van der Waals surface area contributed by atoms with Crippen LogP contribution in [0.3, 0.4) is 0 Å². The lowest BCUT2D eigenvalue weighted by Crippen LogP contribution is -2.57. The molecule has 0 radical (unpaired) electrons. The van der Waals surface area contributed by atoms with Crippen molar-refractivity contribution < 1.29 is 19.0 Å². The smallest absolute Gasteiger partial charge is 0.322 e. The van der Waals surface area contributed by atoms with E-state index in [9.17, 15) is 4.79 Å². The van der Waals surface area contributed by atoms with Gasteiger partial charge in [-0.15, -0.1) is 0 Å². The van der Waals surface area contributed by atoms with Gasteiger partial charge in [-0.2, -0.15) is 5.26 Å². The Labute approximate surface area is 150 Å². The van der Waals surface area contributed by atoms with Gasteiger partial charge in [0.25, 0.3) is 0 Å². The molecule has 3 rings (SSSR count). The third kappa shape index (κ3) is 3.78. The first-order chi connectivity index (χ1) is 12.6. The fraction of sp³-hybridized carbons (Fsp3) is 0.278. The van der Waals surface area contributed by atoms with E-state index in [-0.39, 0.29) is 12.1 Å². The fourth-order valence-corrected chi connectivity index (χ4v) is 2.46. The zero-order chi connectivity index (χ0) is 18.5. The number of hydrogen-bond donors (Lipinski definition) is 1. The van der Waals surface area contributed by atoms with Gasteiger partial charge in [0.15, 0.2) is 0 Å². The molecule has 0 atom stereocenters. The van der Waals surface area contributed by atoms with Gasteiger partial charge in [-0.05, 0) is 18.2 Å². The number of aromatic nitrogens is 1. The van der Waals surface area contributed by atoms with Crippen LogP contribution in [0.4, 0.5) is 10.5 Å². The number of pyridine rings is 1. The van der Waals surface area contributed by atoms with Gasteiger partial charge in [-0.25, -0.2) is 9.78 Å². The summed E-state index contributed by atoms with van der Waals surface area (Å²) in [5.41, 5.74) is 1.04. The largest absolute Gasteiger partial charge is 0.497 e. The number of urea groups is 1. The summed E-state index contributed by atoms with van der Waals surface area (Å²) in [6.07, 6.45) is 1.33. The maximum atomic E-state index is 12.3. The second-order valence-electron chi connectivity index (χ2n) is 5.64. The van der Waals surface area contributed by atoms with Crippen LogP contribution in [0.15, 0.2) is 36.5 Å². The molecule has 0 aliphatic carbocycles. The topological polar surface area (TPSA) is 96.7 Å². The summed E-state index contributed by atoms with van der Waals surface area (Å²) < 4.78 is 16.1. The Morgan fingerprint density at radius 1 is 1.27 bits per heavy atom. The van der Waals surface area contributed by atoms with E-state index in [1.54, 1.807) is 42.3 Å². The van der Waals surface area contributed by atoms with Gasteiger partial charge in [0.1, 0.15) is 23.7 Å². The molecule has 2 amide bonds. The molecular weight excluding hydrogens is 336 g/mol. The highest BCUT2D eigenvalue weighted by molar-refractivity contribution is 5.91. The highest BCUT2D eigenvalue weighted by Gasteiger charge is 2.33. The van der Waals surface area contributed by atoms with Crippen molar-refractivity contribution in [1.82, 2.24) is 9.88 Å². The van der Waals surface area contributed by atoms with E-state index in [0.29, 0.717) is 41.7 Å². The monoisotopic (exact) mass is 354 g/mol. The Kier molecular flexibility index (Phi) is 5.08. The predicted octanol–water partition coefficient (Wildman–Crippen LogP) is 2.27. The lowest BCUT2D eigenvalue weighted by molar-refractivity contribution is 0.0461. The van der Waals surface area contributed by atoms with Gasteiger partial charge >= 0.3 is 6.03 Å². The van der Waals surface area contributed by atoms with E-state index in [2.05, 4.69) is 10.3 Å². The van der Waals surface area contributed by atoms with Crippen LogP contribution in [-0.2, 0) is 0 Å². The lowest BCUT2D eigenvalue weighted by atomic mass is 10.2. The Bertz CT molecular complexity index is 826. The number of hydrogen-bond acceptors (Lipinski definition) is 6. The normalized spacial score (nSPS) is 13.3. The number of likely N-dealkylation sites (tertiary alicyclic amines) is 1. The van der Waals surface area contributed by atoms with E-state index < -0.39 is 0 Å². The van der Waals surface area contributed by atoms with E-state index >= 15 is 0 Å². The number of nitrogens with zero attached hydrogens (tertiary/aromatic N) is 3. The van der Waals surface area contributed by atoms with Crippen molar-refractivity contribution >= 4 is 11.7 Å². The summed E-state index contributed by atoms with van der Waals surface area (Å²) in [4.78, 5) is 18.0. The summed E-state index contributed by atoms with van der Waals surface area (Å²) in [5.74, 6) is 1.60. The first-order valence-corrected chi connectivity index (χ1v) is 7.93. The minimum absolute atomic E-state index is 0.126. The molecule has 0 bridgehead atoms. The van der Waals surface area contributed by atoms with Crippen molar-refractivity contribution in [1.29, 1.82) is 5.26 Å². The van der Waals surface area contributed by atoms with Crippen molar-refractivity contribution in [3.05, 3.63) is 42.1 Å². The van der Waals surface area contributed by atoms with Crippen LogP contribution in [0.2, 0.25) is 0 Å². The highest BCUT2D eigenvalue weighted by atomic mass is 16.5. The molecule has 1 aromatic carbocycles. The number of carbonyl (C=O) groups is 1. The average Bonchev–Trinajstić information content (AvgIpc) is 2.65. The van der Waals surface area contributed by atoms with Crippen LogP contribution < -0.4 is 19.5 Å². The molecule has 26 heavy (non-hydrogen) atoms. The summed E-state index contributed by atoms with van der Waals surface area (Å²) in [6, 6.07) is 10.2. The number of methoxy groups -OCH3 is 2. The summed E-state index contributed by atoms with van der Waals surface area (Å²) in [6.45, 7) is 0.901. The zero-order valence-electron chi connectivity index (χ0n) is 14.4. The summed E-state index contributed by atoms with van der Waals surface area (Å²) in [5, 5.41) is 11.6. The van der Waals surface area contributed by atoms with E-state index in [1.165, 1.54) is 13.3 Å². The molecule has 8 nitrogen and oxygen atoms in total. The zero-order valence-corrected chi connectivity index (χ0v) is 14.4. The SMILES string of the molecule is COc1ccc(NC(=O)N2CC(Oc3ccc(C#N)cn3)C2)c(OC)c1. The Morgan fingerprint density at radius 3 is 2.69 bits per heavy atom. The Balaban J connectivity index is 1.52. The van der Waals surface area contributed by atoms with Crippen LogP contribution in [-0.4, -0.2) is 49.3 Å². The van der Waals surface area contributed by atoms with Crippen LogP contribution in [0, 0.1) is 11.3 Å². The molecule has 1 saturated heterocycles. The number of carbonyl (C=O) groups excluding carboxylic acids is 1. The number of rotatable bonds is 5. The molecule has 0 saturated carbocycles. The van der Waals surface area contributed by atoms with E-state index in [4.69, 9.17) is 19.5 Å². The van der Waals surface area contributed by atoms with Crippen molar-refractivity contribution in [2.45, 2.75) is 6.10 Å². The van der Waals surface area contributed by atoms with Gasteiger partial charge in [0.05, 0.1) is 38.6 Å². The van der Waals surface area contributed by atoms with Crippen molar-refractivity contribution in [2.75, 3.05) is 32.6 Å². The van der Waals surface area contributed by atoms with Gasteiger partial charge in [-0.1, -0.05) is 0 Å². The third-order valence-electron chi connectivity index (χ3n) is 3.94. The molecule has 1 fully saturated rings. The van der Waals surface area contributed by atoms with Crippen molar-refractivity contribution in [3.63, 3.8) is 0 Å². The molecule has 8 heteroatoms. The maximum absolute atomic E-state index is 12.3. The first-order valence-electron chi connectivity index (χ1n) is 7.93. The molecule has 1 N–H and O–H groups in total. The molecule has 0 unspecified atom stereocenters. The van der Waals surface area contributed by atoms with Gasteiger partial charge in [0, 0.05) is 18.3 Å². The van der Waals surface area contributed by atoms with Gasteiger partial charge < -0.3 is 24.4 Å². The fourth-order valence-electron chi connectivity index (χ4n) is 2.46. The minimum atomic E-state index is -0.235. The lowest BCUT2D eigenvalue weighted by Gasteiger charge is -2.38. The van der Waals surface area contributed by atoms with Gasteiger partial charge in [-0.3, -0.25) is 0 Å². The Hall–Kier alpha value is -3.47. The molecule has 0 spiro atoms. The first kappa shape index (κ1) is 17.4. The summed E-state index contributed by atoms with van der Waals surface area (Å²) >= 11 is 0. The molecule has 2 aromatic rings. The Morgan fingerprint density at radius 2 is 2.08 bits per heavy atom. The number of nitriles is 1. The number of nitrogens with one attached hydrogen (secondary N) is 1. The highest BCUT2D eigenvalue weighted by Crippen LogP contribution is 2.29. The number of ether oxygens (including phenoxy) is 3. The van der Waals surface area contributed by atoms with Crippen LogP contribution in [0.25, 0.3) is 0 Å². The van der Waals surface area contributed by atoms with E-state index in [1.807, 2.05) is 6.07 Å². The van der Waals surface area contributed by atoms with Crippen molar-refractivity contribution in [3.8, 4) is 23.4 Å².